The van der Waals surface area contributed by atoms with Crippen LogP contribution in [0.15, 0.2) is 48.2 Å². The Morgan fingerprint density at radius 2 is 2.12 bits per heavy atom. The summed E-state index contributed by atoms with van der Waals surface area (Å²) in [4.78, 5) is 16.1. The molecule has 1 N–H and O–H groups in total. The minimum atomic E-state index is -0.613. The highest BCUT2D eigenvalue weighted by Gasteiger charge is 2.24. The van der Waals surface area contributed by atoms with Crippen LogP contribution in [0.3, 0.4) is 0 Å². The number of benzene rings is 1. The Labute approximate surface area is 153 Å². The number of aliphatic hydroxyl groups excluding tert-OH is 1. The number of piperidine rings is 1. The van der Waals surface area contributed by atoms with E-state index in [4.69, 9.17) is 16.3 Å². The Morgan fingerprint density at radius 1 is 1.36 bits per heavy atom. The summed E-state index contributed by atoms with van der Waals surface area (Å²) in [5, 5.41) is 10.3. The third kappa shape index (κ3) is 4.77. The topological polar surface area (TPSA) is 53.0 Å². The minimum Gasteiger partial charge on any atom is -0.490 e. The zero-order valence-electron chi connectivity index (χ0n) is 14.3. The molecule has 25 heavy (non-hydrogen) atoms. The van der Waals surface area contributed by atoms with Crippen molar-refractivity contribution in [1.82, 2.24) is 9.80 Å². The molecule has 1 aromatic carbocycles. The van der Waals surface area contributed by atoms with Crippen LogP contribution >= 0.6 is 11.6 Å². The maximum atomic E-state index is 12.5. The van der Waals surface area contributed by atoms with Crippen molar-refractivity contribution in [2.45, 2.75) is 31.6 Å². The Balaban J connectivity index is 1.48. The van der Waals surface area contributed by atoms with Crippen molar-refractivity contribution in [2.75, 3.05) is 20.1 Å². The molecule has 1 atom stereocenters. The second-order valence-corrected chi connectivity index (χ2v) is 6.91. The van der Waals surface area contributed by atoms with Gasteiger partial charge in [0.1, 0.15) is 18.1 Å². The van der Waals surface area contributed by atoms with Crippen molar-refractivity contribution < 1.29 is 14.6 Å². The van der Waals surface area contributed by atoms with E-state index in [0.717, 1.165) is 24.2 Å². The lowest BCUT2D eigenvalue weighted by molar-refractivity contribution is -0.132. The SMILES string of the molecule is CN1C=C(CC(=O)N2CCC(Oc3cccc(Cl)c3)CC2)C=CC1O. The molecule has 2 heterocycles. The van der Waals surface area contributed by atoms with E-state index in [0.29, 0.717) is 24.5 Å². The number of allylic oxidation sites excluding steroid dienone is 1. The van der Waals surface area contributed by atoms with Gasteiger partial charge in [-0.15, -0.1) is 0 Å². The summed E-state index contributed by atoms with van der Waals surface area (Å²) < 4.78 is 5.96. The summed E-state index contributed by atoms with van der Waals surface area (Å²) in [5.74, 6) is 0.887. The fourth-order valence-electron chi connectivity index (χ4n) is 3.07. The van der Waals surface area contributed by atoms with Gasteiger partial charge in [0.25, 0.3) is 0 Å². The van der Waals surface area contributed by atoms with Crippen molar-refractivity contribution in [1.29, 1.82) is 0 Å². The third-order valence-corrected chi connectivity index (χ3v) is 4.75. The first-order chi connectivity index (χ1) is 12.0. The average Bonchev–Trinajstić information content (AvgIpc) is 2.59. The third-order valence-electron chi connectivity index (χ3n) is 4.52. The van der Waals surface area contributed by atoms with Gasteiger partial charge in [0.15, 0.2) is 0 Å². The number of halogens is 1. The van der Waals surface area contributed by atoms with Crippen LogP contribution in [0.2, 0.25) is 5.02 Å². The number of likely N-dealkylation sites (N-methyl/N-ethyl adjacent to an activating group) is 1. The number of aliphatic hydroxyl groups is 1. The number of hydrogen-bond donors (Lipinski definition) is 1. The molecule has 6 heteroatoms. The Bertz CT molecular complexity index is 681. The molecule has 0 aromatic heterocycles. The van der Waals surface area contributed by atoms with Crippen LogP contribution in [-0.4, -0.2) is 53.3 Å². The van der Waals surface area contributed by atoms with Gasteiger partial charge in [0.2, 0.25) is 5.91 Å². The lowest BCUT2D eigenvalue weighted by Crippen LogP contribution is -2.42. The molecule has 2 aliphatic rings. The summed E-state index contributed by atoms with van der Waals surface area (Å²) in [5.41, 5.74) is 0.912. The van der Waals surface area contributed by atoms with Gasteiger partial charge in [-0.2, -0.15) is 0 Å². The number of amides is 1. The smallest absolute Gasteiger partial charge is 0.227 e. The Hall–Kier alpha value is -1.98. The Kier molecular flexibility index (Phi) is 5.66. The van der Waals surface area contributed by atoms with E-state index in [1.165, 1.54) is 0 Å². The van der Waals surface area contributed by atoms with Crippen molar-refractivity contribution in [3.05, 3.63) is 53.2 Å². The molecule has 2 aliphatic heterocycles. The predicted molar refractivity (Wildman–Crippen MR) is 97.3 cm³/mol. The molecule has 1 amide bonds. The molecule has 3 rings (SSSR count). The highest BCUT2D eigenvalue weighted by atomic mass is 35.5. The number of carbonyl (C=O) groups excluding carboxylic acids is 1. The van der Waals surface area contributed by atoms with Crippen molar-refractivity contribution >= 4 is 17.5 Å². The molecule has 134 valence electrons. The van der Waals surface area contributed by atoms with Gasteiger partial charge in [0, 0.05) is 44.2 Å². The molecule has 1 saturated heterocycles. The molecule has 0 saturated carbocycles. The van der Waals surface area contributed by atoms with E-state index in [1.54, 1.807) is 18.0 Å². The summed E-state index contributed by atoms with van der Waals surface area (Å²) in [6, 6.07) is 7.40. The second-order valence-electron chi connectivity index (χ2n) is 6.47. The van der Waals surface area contributed by atoms with Crippen LogP contribution in [0.25, 0.3) is 0 Å². The molecule has 1 fully saturated rings. The monoisotopic (exact) mass is 362 g/mol. The average molecular weight is 363 g/mol. The molecule has 0 bridgehead atoms. The molecule has 0 radical (unpaired) electrons. The van der Waals surface area contributed by atoms with Crippen LogP contribution in [0, 0.1) is 0 Å². The first-order valence-electron chi connectivity index (χ1n) is 8.50. The van der Waals surface area contributed by atoms with Crippen LogP contribution in [0.4, 0.5) is 0 Å². The van der Waals surface area contributed by atoms with Gasteiger partial charge in [-0.05, 0) is 29.8 Å². The van der Waals surface area contributed by atoms with E-state index < -0.39 is 6.23 Å². The summed E-state index contributed by atoms with van der Waals surface area (Å²) in [6.07, 6.45) is 6.80. The second kappa shape index (κ2) is 7.93. The fourth-order valence-corrected chi connectivity index (χ4v) is 3.25. The van der Waals surface area contributed by atoms with Crippen LogP contribution < -0.4 is 4.74 Å². The molecular weight excluding hydrogens is 340 g/mol. The van der Waals surface area contributed by atoms with E-state index in [9.17, 15) is 9.90 Å². The normalized spacial score (nSPS) is 21.2. The van der Waals surface area contributed by atoms with E-state index in [1.807, 2.05) is 41.4 Å². The largest absolute Gasteiger partial charge is 0.490 e. The van der Waals surface area contributed by atoms with Crippen LogP contribution in [0.5, 0.6) is 5.75 Å². The molecular formula is C19H23ClN2O3. The first-order valence-corrected chi connectivity index (χ1v) is 8.88. The van der Waals surface area contributed by atoms with Crippen molar-refractivity contribution in [2.24, 2.45) is 0 Å². The highest BCUT2D eigenvalue weighted by Crippen LogP contribution is 2.23. The van der Waals surface area contributed by atoms with E-state index >= 15 is 0 Å². The maximum absolute atomic E-state index is 12.5. The summed E-state index contributed by atoms with van der Waals surface area (Å²) >= 11 is 5.98. The number of hydrogen-bond acceptors (Lipinski definition) is 4. The molecule has 0 spiro atoms. The highest BCUT2D eigenvalue weighted by molar-refractivity contribution is 6.30. The van der Waals surface area contributed by atoms with Gasteiger partial charge >= 0.3 is 0 Å². The van der Waals surface area contributed by atoms with E-state index in [2.05, 4.69) is 0 Å². The fraction of sp³-hybridized carbons (Fsp3) is 0.421. The van der Waals surface area contributed by atoms with Gasteiger partial charge < -0.3 is 19.6 Å². The zero-order chi connectivity index (χ0) is 17.8. The number of ether oxygens (including phenoxy) is 1. The number of carbonyl (C=O) groups is 1. The molecule has 0 aliphatic carbocycles. The molecule has 1 aromatic rings. The Morgan fingerprint density at radius 3 is 2.80 bits per heavy atom. The van der Waals surface area contributed by atoms with Gasteiger partial charge in [-0.3, -0.25) is 4.79 Å². The molecule has 1 unspecified atom stereocenters. The first kappa shape index (κ1) is 17.8. The summed E-state index contributed by atoms with van der Waals surface area (Å²) in [7, 11) is 1.79. The number of rotatable bonds is 4. The van der Waals surface area contributed by atoms with Crippen LogP contribution in [0.1, 0.15) is 19.3 Å². The molecule has 5 nitrogen and oxygen atoms in total. The lowest BCUT2D eigenvalue weighted by Gasteiger charge is -2.32. The standard InChI is InChI=1S/C19H23ClN2O3/c1-21-13-14(5-6-18(21)23)11-19(24)22-9-7-16(8-10-22)25-17-4-2-3-15(20)12-17/h2-6,12-13,16,18,23H,7-11H2,1H3. The predicted octanol–water partition coefficient (Wildman–Crippen LogP) is 2.80. The quantitative estimate of drug-likeness (QED) is 0.894. The van der Waals surface area contributed by atoms with Crippen molar-refractivity contribution in [3.63, 3.8) is 0 Å². The number of nitrogens with zero attached hydrogens (tertiary/aromatic N) is 2. The summed E-state index contributed by atoms with van der Waals surface area (Å²) in [6.45, 7) is 1.39. The van der Waals surface area contributed by atoms with Crippen LogP contribution in [-0.2, 0) is 4.79 Å². The minimum absolute atomic E-state index is 0.109. The van der Waals surface area contributed by atoms with Crippen molar-refractivity contribution in [3.8, 4) is 5.75 Å². The zero-order valence-corrected chi connectivity index (χ0v) is 15.0. The van der Waals surface area contributed by atoms with E-state index in [-0.39, 0.29) is 12.0 Å². The maximum Gasteiger partial charge on any atom is 0.227 e. The number of likely N-dealkylation sites (tertiary alicyclic amines) is 1. The van der Waals surface area contributed by atoms with Gasteiger partial charge in [-0.1, -0.05) is 23.7 Å². The van der Waals surface area contributed by atoms with Gasteiger partial charge in [0.05, 0.1) is 6.42 Å². The van der Waals surface area contributed by atoms with Gasteiger partial charge in [-0.25, -0.2) is 0 Å². The lowest BCUT2D eigenvalue weighted by atomic mass is 10.1.